The molecule has 0 saturated heterocycles. The van der Waals surface area contributed by atoms with Crippen molar-refractivity contribution in [2.24, 2.45) is 0 Å². The first-order valence-corrected chi connectivity index (χ1v) is 12.1. The summed E-state index contributed by atoms with van der Waals surface area (Å²) in [5.41, 5.74) is 1.22. The van der Waals surface area contributed by atoms with Crippen LogP contribution in [0.2, 0.25) is 0 Å². The molecule has 0 aliphatic carbocycles. The van der Waals surface area contributed by atoms with Crippen LogP contribution < -0.4 is 14.4 Å². The Morgan fingerprint density at radius 1 is 1.18 bits per heavy atom. The van der Waals surface area contributed by atoms with Gasteiger partial charge in [0, 0.05) is 23.5 Å². The molecule has 0 aliphatic heterocycles. The SMILES string of the molecule is CCOc1ccccc1N(CCCC(=O)Nc1cccc(SC)c1)S(C)(=O)=O. The molecule has 1 amide bonds. The van der Waals surface area contributed by atoms with Crippen molar-refractivity contribution in [3.63, 3.8) is 0 Å². The van der Waals surface area contributed by atoms with Crippen LogP contribution in [0.1, 0.15) is 19.8 Å². The number of sulfonamides is 1. The van der Waals surface area contributed by atoms with Crippen LogP contribution in [0.3, 0.4) is 0 Å². The van der Waals surface area contributed by atoms with E-state index in [-0.39, 0.29) is 18.9 Å². The van der Waals surface area contributed by atoms with Gasteiger partial charge >= 0.3 is 0 Å². The number of carbonyl (C=O) groups is 1. The lowest BCUT2D eigenvalue weighted by Crippen LogP contribution is -2.31. The summed E-state index contributed by atoms with van der Waals surface area (Å²) in [7, 11) is -3.51. The van der Waals surface area contributed by atoms with Crippen molar-refractivity contribution < 1.29 is 17.9 Å². The van der Waals surface area contributed by atoms with Crippen molar-refractivity contribution in [2.45, 2.75) is 24.7 Å². The molecule has 1 N–H and O–H groups in total. The van der Waals surface area contributed by atoms with Crippen LogP contribution in [-0.2, 0) is 14.8 Å². The highest BCUT2D eigenvalue weighted by molar-refractivity contribution is 7.98. The first kappa shape index (κ1) is 22.1. The molecule has 2 aromatic rings. The molecule has 0 unspecified atom stereocenters. The quantitative estimate of drug-likeness (QED) is 0.586. The molecule has 0 heterocycles. The molecule has 152 valence electrons. The Morgan fingerprint density at radius 3 is 2.61 bits per heavy atom. The number of ether oxygens (including phenoxy) is 1. The van der Waals surface area contributed by atoms with E-state index >= 15 is 0 Å². The maximum atomic E-state index is 12.3. The average Bonchev–Trinajstić information content (AvgIpc) is 2.65. The zero-order valence-electron chi connectivity index (χ0n) is 16.3. The fourth-order valence-electron chi connectivity index (χ4n) is 2.71. The predicted molar refractivity (Wildman–Crippen MR) is 116 cm³/mol. The number of nitrogens with one attached hydrogen (secondary N) is 1. The number of carbonyl (C=O) groups excluding carboxylic acids is 1. The Balaban J connectivity index is 2.02. The summed E-state index contributed by atoms with van der Waals surface area (Å²) in [6, 6.07) is 14.6. The highest BCUT2D eigenvalue weighted by Crippen LogP contribution is 2.30. The minimum Gasteiger partial charge on any atom is -0.492 e. The molecule has 6 nitrogen and oxygen atoms in total. The van der Waals surface area contributed by atoms with Gasteiger partial charge in [-0.05, 0) is 49.9 Å². The van der Waals surface area contributed by atoms with Crippen LogP contribution in [0.25, 0.3) is 0 Å². The van der Waals surface area contributed by atoms with E-state index in [4.69, 9.17) is 4.74 Å². The second kappa shape index (κ2) is 10.4. The van der Waals surface area contributed by atoms with Crippen molar-refractivity contribution in [3.8, 4) is 5.75 Å². The summed E-state index contributed by atoms with van der Waals surface area (Å²) in [5.74, 6) is 0.360. The molecule has 0 aliphatic rings. The molecule has 0 bridgehead atoms. The van der Waals surface area contributed by atoms with Crippen molar-refractivity contribution in [3.05, 3.63) is 48.5 Å². The standard InChI is InChI=1S/C20H26N2O4S2/c1-4-26-19-12-6-5-11-18(19)22(28(3,24)25)14-8-13-20(23)21-16-9-7-10-17(15-16)27-2/h5-7,9-12,15H,4,8,13-14H2,1-3H3,(H,21,23). The smallest absolute Gasteiger partial charge is 0.232 e. The molecule has 0 saturated carbocycles. The third kappa shape index (κ3) is 6.45. The number of hydrogen-bond donors (Lipinski definition) is 1. The summed E-state index contributed by atoms with van der Waals surface area (Å²) in [5, 5.41) is 2.86. The van der Waals surface area contributed by atoms with Gasteiger partial charge in [-0.15, -0.1) is 11.8 Å². The van der Waals surface area contributed by atoms with Crippen molar-refractivity contribution in [1.82, 2.24) is 0 Å². The first-order chi connectivity index (χ1) is 13.3. The molecule has 8 heteroatoms. The van der Waals surface area contributed by atoms with Crippen LogP contribution in [0.15, 0.2) is 53.4 Å². The van der Waals surface area contributed by atoms with E-state index in [1.54, 1.807) is 36.0 Å². The third-order valence-electron chi connectivity index (χ3n) is 3.95. The van der Waals surface area contributed by atoms with Gasteiger partial charge in [-0.3, -0.25) is 9.10 Å². The largest absolute Gasteiger partial charge is 0.492 e. The molecule has 28 heavy (non-hydrogen) atoms. The van der Waals surface area contributed by atoms with Crippen LogP contribution in [-0.4, -0.2) is 40.0 Å². The summed E-state index contributed by atoms with van der Waals surface area (Å²) >= 11 is 1.60. The number of para-hydroxylation sites is 2. The first-order valence-electron chi connectivity index (χ1n) is 8.98. The summed E-state index contributed by atoms with van der Waals surface area (Å²) in [6.07, 6.45) is 3.73. The molecular formula is C20H26N2O4S2. The van der Waals surface area contributed by atoms with Crippen LogP contribution in [0, 0.1) is 0 Å². The van der Waals surface area contributed by atoms with E-state index in [1.807, 2.05) is 37.4 Å². The number of anilines is 2. The lowest BCUT2D eigenvalue weighted by molar-refractivity contribution is -0.116. The Bertz CT molecular complexity index is 901. The topological polar surface area (TPSA) is 75.7 Å². The van der Waals surface area contributed by atoms with Gasteiger partial charge < -0.3 is 10.1 Å². The molecule has 0 aromatic heterocycles. The summed E-state index contributed by atoms with van der Waals surface area (Å²) in [6.45, 7) is 2.48. The Labute approximate surface area is 171 Å². The molecule has 0 fully saturated rings. The lowest BCUT2D eigenvalue weighted by Gasteiger charge is -2.24. The van der Waals surface area contributed by atoms with Gasteiger partial charge in [0.15, 0.2) is 0 Å². The highest BCUT2D eigenvalue weighted by Gasteiger charge is 2.21. The Hall–Kier alpha value is -2.19. The predicted octanol–water partition coefficient (Wildman–Crippen LogP) is 3.99. The summed E-state index contributed by atoms with van der Waals surface area (Å²) < 4.78 is 31.4. The van der Waals surface area contributed by atoms with E-state index in [0.717, 1.165) is 16.8 Å². The normalized spacial score (nSPS) is 11.1. The van der Waals surface area contributed by atoms with Gasteiger partial charge in [0.25, 0.3) is 0 Å². The molecule has 2 aromatic carbocycles. The molecule has 0 atom stereocenters. The maximum absolute atomic E-state index is 12.3. The Kier molecular flexibility index (Phi) is 8.19. The second-order valence-corrected chi connectivity index (χ2v) is 8.91. The zero-order chi connectivity index (χ0) is 20.6. The van der Waals surface area contributed by atoms with Gasteiger partial charge in [0.05, 0.1) is 18.6 Å². The number of amides is 1. The Morgan fingerprint density at radius 2 is 1.93 bits per heavy atom. The van der Waals surface area contributed by atoms with E-state index in [9.17, 15) is 13.2 Å². The number of benzene rings is 2. The van der Waals surface area contributed by atoms with Gasteiger partial charge in [0.2, 0.25) is 15.9 Å². The van der Waals surface area contributed by atoms with Gasteiger partial charge in [-0.2, -0.15) is 0 Å². The molecular weight excluding hydrogens is 396 g/mol. The zero-order valence-corrected chi connectivity index (χ0v) is 18.0. The highest BCUT2D eigenvalue weighted by atomic mass is 32.2. The van der Waals surface area contributed by atoms with Crippen molar-refractivity contribution in [1.29, 1.82) is 0 Å². The van der Waals surface area contributed by atoms with E-state index in [2.05, 4.69) is 5.32 Å². The van der Waals surface area contributed by atoms with E-state index in [1.165, 1.54) is 4.31 Å². The number of hydrogen-bond acceptors (Lipinski definition) is 5. The van der Waals surface area contributed by atoms with Gasteiger partial charge in [-0.1, -0.05) is 18.2 Å². The van der Waals surface area contributed by atoms with E-state index < -0.39 is 10.0 Å². The van der Waals surface area contributed by atoms with E-state index in [0.29, 0.717) is 24.5 Å². The fraction of sp³-hybridized carbons (Fsp3) is 0.350. The van der Waals surface area contributed by atoms with Crippen LogP contribution >= 0.6 is 11.8 Å². The minimum absolute atomic E-state index is 0.148. The summed E-state index contributed by atoms with van der Waals surface area (Å²) in [4.78, 5) is 13.3. The van der Waals surface area contributed by atoms with Crippen molar-refractivity contribution >= 4 is 39.1 Å². The van der Waals surface area contributed by atoms with Gasteiger partial charge in [0.1, 0.15) is 5.75 Å². The molecule has 0 radical (unpaired) electrons. The second-order valence-electron chi connectivity index (χ2n) is 6.12. The maximum Gasteiger partial charge on any atom is 0.232 e. The number of rotatable bonds is 10. The van der Waals surface area contributed by atoms with Crippen LogP contribution in [0.4, 0.5) is 11.4 Å². The number of thioether (sulfide) groups is 1. The lowest BCUT2D eigenvalue weighted by atomic mass is 10.2. The third-order valence-corrected chi connectivity index (χ3v) is 5.86. The monoisotopic (exact) mass is 422 g/mol. The van der Waals surface area contributed by atoms with Gasteiger partial charge in [-0.25, -0.2) is 8.42 Å². The molecule has 2 rings (SSSR count). The minimum atomic E-state index is -3.51. The van der Waals surface area contributed by atoms with Crippen LogP contribution in [0.5, 0.6) is 5.75 Å². The number of nitrogens with zero attached hydrogens (tertiary/aromatic N) is 1. The molecule has 0 spiro atoms. The fourth-order valence-corrected chi connectivity index (χ4v) is 4.14. The average molecular weight is 423 g/mol. The van der Waals surface area contributed by atoms with Crippen molar-refractivity contribution in [2.75, 3.05) is 35.3 Å².